The first-order chi connectivity index (χ1) is 8.31. The Labute approximate surface area is 106 Å². The second kappa shape index (κ2) is 4.21. The van der Waals surface area contributed by atoms with Gasteiger partial charge in [0.1, 0.15) is 5.76 Å². The summed E-state index contributed by atoms with van der Waals surface area (Å²) in [6, 6.07) is 7.58. The quantitative estimate of drug-likeness (QED) is 0.806. The molecule has 86 valence electrons. The second-order valence-corrected chi connectivity index (χ2v) is 4.43. The SMILES string of the molecule is Brc1ccc2nc(NCc3ccco3)nn2c1. The maximum atomic E-state index is 5.22. The number of nitrogens with one attached hydrogen (secondary N) is 1. The molecule has 3 aromatic rings. The molecule has 0 bridgehead atoms. The lowest BCUT2D eigenvalue weighted by molar-refractivity contribution is 0.517. The first-order valence-corrected chi connectivity index (χ1v) is 5.89. The number of anilines is 1. The Morgan fingerprint density at radius 3 is 3.12 bits per heavy atom. The minimum atomic E-state index is 0.574. The molecule has 3 aromatic heterocycles. The van der Waals surface area contributed by atoms with Crippen LogP contribution < -0.4 is 5.32 Å². The molecule has 0 saturated carbocycles. The molecule has 0 atom stereocenters. The molecule has 0 aromatic carbocycles. The van der Waals surface area contributed by atoms with Crippen molar-refractivity contribution in [3.8, 4) is 0 Å². The van der Waals surface area contributed by atoms with Crippen LogP contribution in [0.3, 0.4) is 0 Å². The predicted octanol–water partition coefficient (Wildman–Crippen LogP) is 2.70. The second-order valence-electron chi connectivity index (χ2n) is 3.52. The smallest absolute Gasteiger partial charge is 0.243 e. The molecule has 0 spiro atoms. The Hall–Kier alpha value is -1.82. The molecule has 1 N–H and O–H groups in total. The van der Waals surface area contributed by atoms with Gasteiger partial charge in [-0.3, -0.25) is 0 Å². The van der Waals surface area contributed by atoms with Gasteiger partial charge in [0.25, 0.3) is 0 Å². The molecular formula is C11H9BrN4O. The van der Waals surface area contributed by atoms with E-state index in [0.29, 0.717) is 12.5 Å². The van der Waals surface area contributed by atoms with Gasteiger partial charge in [-0.2, -0.15) is 4.98 Å². The maximum absolute atomic E-state index is 5.22. The summed E-state index contributed by atoms with van der Waals surface area (Å²) in [7, 11) is 0. The molecular weight excluding hydrogens is 284 g/mol. The highest BCUT2D eigenvalue weighted by Crippen LogP contribution is 2.12. The van der Waals surface area contributed by atoms with Gasteiger partial charge in [-0.25, -0.2) is 4.52 Å². The first kappa shape index (κ1) is 10.3. The van der Waals surface area contributed by atoms with Crippen molar-refractivity contribution in [2.24, 2.45) is 0 Å². The van der Waals surface area contributed by atoms with Crippen molar-refractivity contribution in [1.29, 1.82) is 0 Å². The van der Waals surface area contributed by atoms with Crippen LogP contribution in [0.1, 0.15) is 5.76 Å². The fourth-order valence-corrected chi connectivity index (χ4v) is 1.84. The van der Waals surface area contributed by atoms with Crippen LogP contribution in [0, 0.1) is 0 Å². The highest BCUT2D eigenvalue weighted by atomic mass is 79.9. The lowest BCUT2D eigenvalue weighted by atomic mass is 10.4. The monoisotopic (exact) mass is 292 g/mol. The van der Waals surface area contributed by atoms with E-state index >= 15 is 0 Å². The van der Waals surface area contributed by atoms with Gasteiger partial charge in [0.05, 0.1) is 12.8 Å². The number of halogens is 1. The summed E-state index contributed by atoms with van der Waals surface area (Å²) in [5, 5.41) is 7.40. The van der Waals surface area contributed by atoms with Gasteiger partial charge in [-0.15, -0.1) is 5.10 Å². The molecule has 6 heteroatoms. The summed E-state index contributed by atoms with van der Waals surface area (Å²) >= 11 is 3.39. The van der Waals surface area contributed by atoms with Crippen molar-refractivity contribution in [1.82, 2.24) is 14.6 Å². The largest absolute Gasteiger partial charge is 0.467 e. The summed E-state index contributed by atoms with van der Waals surface area (Å²) in [5.41, 5.74) is 0.801. The number of furan rings is 1. The Morgan fingerprint density at radius 1 is 1.35 bits per heavy atom. The van der Waals surface area contributed by atoms with Gasteiger partial charge < -0.3 is 9.73 Å². The van der Waals surface area contributed by atoms with Crippen LogP contribution in [0.4, 0.5) is 5.95 Å². The summed E-state index contributed by atoms with van der Waals surface area (Å²) in [6.45, 7) is 0.574. The molecule has 3 rings (SSSR count). The standard InChI is InChI=1S/C11H9BrN4O/c12-8-3-4-10-14-11(15-16(10)7-8)13-6-9-2-1-5-17-9/h1-5,7H,6H2,(H,13,15). The number of aromatic nitrogens is 3. The maximum Gasteiger partial charge on any atom is 0.243 e. The number of pyridine rings is 1. The van der Waals surface area contributed by atoms with E-state index in [-0.39, 0.29) is 0 Å². The number of hydrogen-bond acceptors (Lipinski definition) is 4. The van der Waals surface area contributed by atoms with E-state index in [1.54, 1.807) is 10.8 Å². The Balaban J connectivity index is 1.81. The van der Waals surface area contributed by atoms with E-state index in [1.165, 1.54) is 0 Å². The molecule has 0 unspecified atom stereocenters. The molecule has 0 aliphatic carbocycles. The van der Waals surface area contributed by atoms with Crippen molar-refractivity contribution in [2.75, 3.05) is 5.32 Å². The van der Waals surface area contributed by atoms with E-state index in [1.807, 2.05) is 30.5 Å². The summed E-state index contributed by atoms with van der Waals surface area (Å²) < 4.78 is 7.90. The van der Waals surface area contributed by atoms with E-state index in [2.05, 4.69) is 31.3 Å². The van der Waals surface area contributed by atoms with Crippen molar-refractivity contribution in [2.45, 2.75) is 6.54 Å². The molecule has 17 heavy (non-hydrogen) atoms. The number of fused-ring (bicyclic) bond motifs is 1. The minimum Gasteiger partial charge on any atom is -0.467 e. The fourth-order valence-electron chi connectivity index (χ4n) is 1.51. The third-order valence-electron chi connectivity index (χ3n) is 2.30. The van der Waals surface area contributed by atoms with Crippen molar-refractivity contribution >= 4 is 27.5 Å². The molecule has 5 nitrogen and oxygen atoms in total. The molecule has 0 aliphatic rings. The van der Waals surface area contributed by atoms with Crippen LogP contribution in [0.2, 0.25) is 0 Å². The number of nitrogens with zero attached hydrogens (tertiary/aromatic N) is 3. The topological polar surface area (TPSA) is 55.4 Å². The normalized spacial score (nSPS) is 10.9. The molecule has 0 aliphatic heterocycles. The average molecular weight is 293 g/mol. The van der Waals surface area contributed by atoms with Crippen LogP contribution >= 0.6 is 15.9 Å². The van der Waals surface area contributed by atoms with Crippen LogP contribution in [0.5, 0.6) is 0 Å². The third-order valence-corrected chi connectivity index (χ3v) is 2.76. The average Bonchev–Trinajstić information content (AvgIpc) is 2.94. The Bertz CT molecular complexity index is 632. The van der Waals surface area contributed by atoms with E-state index < -0.39 is 0 Å². The molecule has 3 heterocycles. The zero-order valence-electron chi connectivity index (χ0n) is 8.80. The van der Waals surface area contributed by atoms with Crippen LogP contribution in [0.15, 0.2) is 45.6 Å². The molecule has 0 amide bonds. The van der Waals surface area contributed by atoms with Crippen LogP contribution in [0.25, 0.3) is 5.65 Å². The lowest BCUT2D eigenvalue weighted by Gasteiger charge is -1.96. The molecule has 0 saturated heterocycles. The Morgan fingerprint density at radius 2 is 2.29 bits per heavy atom. The highest BCUT2D eigenvalue weighted by Gasteiger charge is 2.03. The van der Waals surface area contributed by atoms with Crippen LogP contribution in [-0.2, 0) is 6.54 Å². The van der Waals surface area contributed by atoms with E-state index in [4.69, 9.17) is 4.42 Å². The summed E-state index contributed by atoms with van der Waals surface area (Å²) in [4.78, 5) is 4.33. The van der Waals surface area contributed by atoms with Crippen molar-refractivity contribution in [3.63, 3.8) is 0 Å². The van der Waals surface area contributed by atoms with E-state index in [0.717, 1.165) is 15.9 Å². The lowest BCUT2D eigenvalue weighted by Crippen LogP contribution is -1.99. The van der Waals surface area contributed by atoms with Gasteiger partial charge in [-0.05, 0) is 40.2 Å². The highest BCUT2D eigenvalue weighted by molar-refractivity contribution is 9.10. The van der Waals surface area contributed by atoms with E-state index in [9.17, 15) is 0 Å². The molecule has 0 fully saturated rings. The van der Waals surface area contributed by atoms with Crippen molar-refractivity contribution < 1.29 is 4.42 Å². The summed E-state index contributed by atoms with van der Waals surface area (Å²) in [6.07, 6.45) is 3.51. The van der Waals surface area contributed by atoms with Crippen LogP contribution in [-0.4, -0.2) is 14.6 Å². The Kier molecular flexibility index (Phi) is 2.56. The van der Waals surface area contributed by atoms with Gasteiger partial charge >= 0.3 is 0 Å². The van der Waals surface area contributed by atoms with Gasteiger partial charge in [0.2, 0.25) is 5.95 Å². The van der Waals surface area contributed by atoms with Gasteiger partial charge in [0.15, 0.2) is 5.65 Å². The number of hydrogen-bond donors (Lipinski definition) is 1. The zero-order chi connectivity index (χ0) is 11.7. The number of rotatable bonds is 3. The summed E-state index contributed by atoms with van der Waals surface area (Å²) in [5.74, 6) is 1.43. The molecule has 0 radical (unpaired) electrons. The van der Waals surface area contributed by atoms with Crippen molar-refractivity contribution in [3.05, 3.63) is 47.0 Å². The van der Waals surface area contributed by atoms with Gasteiger partial charge in [0, 0.05) is 10.7 Å². The third kappa shape index (κ3) is 2.16. The minimum absolute atomic E-state index is 0.574. The predicted molar refractivity (Wildman–Crippen MR) is 66.7 cm³/mol. The fraction of sp³-hybridized carbons (Fsp3) is 0.0909. The first-order valence-electron chi connectivity index (χ1n) is 5.09. The van der Waals surface area contributed by atoms with Gasteiger partial charge in [-0.1, -0.05) is 0 Å². The zero-order valence-corrected chi connectivity index (χ0v) is 10.4.